The summed E-state index contributed by atoms with van der Waals surface area (Å²) in [5.41, 5.74) is 1.32. The van der Waals surface area contributed by atoms with Crippen molar-refractivity contribution in [2.75, 3.05) is 5.32 Å². The molecule has 108 valence electrons. The minimum atomic E-state index is -4.38. The first kappa shape index (κ1) is 13.7. The molecule has 1 heterocycles. The number of hydrogen-bond donors (Lipinski definition) is 1. The van der Waals surface area contributed by atoms with Crippen molar-refractivity contribution in [3.63, 3.8) is 0 Å². The number of anilines is 1. The molecule has 0 saturated carbocycles. The van der Waals surface area contributed by atoms with Gasteiger partial charge in [0, 0.05) is 18.0 Å². The Morgan fingerprint density at radius 1 is 1.05 bits per heavy atom. The quantitative estimate of drug-likeness (QED) is 0.839. The third kappa shape index (κ3) is 2.63. The number of fused-ring (bicyclic) bond motifs is 1. The minimum absolute atomic E-state index is 0.151. The van der Waals surface area contributed by atoms with E-state index < -0.39 is 11.7 Å². The molecule has 0 fully saturated rings. The fraction of sp³-hybridized carbons (Fsp3) is 0.188. The van der Waals surface area contributed by atoms with Crippen LogP contribution in [0.1, 0.15) is 29.0 Å². The highest BCUT2D eigenvalue weighted by Gasteiger charge is 2.32. The summed E-state index contributed by atoms with van der Waals surface area (Å²) in [7, 11) is 0. The molecule has 0 aromatic heterocycles. The Bertz CT molecular complexity index is 694. The Morgan fingerprint density at radius 2 is 1.81 bits per heavy atom. The van der Waals surface area contributed by atoms with E-state index in [1.54, 1.807) is 18.2 Å². The minimum Gasteiger partial charge on any atom is -0.326 e. The van der Waals surface area contributed by atoms with Gasteiger partial charge in [-0.05, 0) is 23.3 Å². The molecular weight excluding hydrogens is 279 g/mol. The van der Waals surface area contributed by atoms with E-state index in [4.69, 9.17) is 0 Å². The first-order valence-electron chi connectivity index (χ1n) is 6.51. The fourth-order valence-corrected chi connectivity index (χ4v) is 2.64. The number of alkyl halides is 3. The molecule has 0 spiro atoms. The van der Waals surface area contributed by atoms with Crippen molar-refractivity contribution in [2.24, 2.45) is 0 Å². The Morgan fingerprint density at radius 3 is 2.57 bits per heavy atom. The molecule has 1 aliphatic rings. The van der Waals surface area contributed by atoms with Gasteiger partial charge in [-0.3, -0.25) is 4.79 Å². The van der Waals surface area contributed by atoms with E-state index in [0.717, 1.165) is 17.7 Å². The summed E-state index contributed by atoms with van der Waals surface area (Å²) in [6.07, 6.45) is -4.23. The van der Waals surface area contributed by atoms with Gasteiger partial charge in [0.1, 0.15) is 0 Å². The van der Waals surface area contributed by atoms with Crippen molar-refractivity contribution in [3.8, 4) is 0 Å². The molecule has 2 nitrogen and oxygen atoms in total. The normalized spacial score (nSPS) is 18.0. The summed E-state index contributed by atoms with van der Waals surface area (Å²) in [5, 5.41) is 2.74. The monoisotopic (exact) mass is 291 g/mol. The maximum atomic E-state index is 12.8. The highest BCUT2D eigenvalue weighted by Crippen LogP contribution is 2.38. The molecule has 1 unspecified atom stereocenters. The fourth-order valence-electron chi connectivity index (χ4n) is 2.64. The average molecular weight is 291 g/mol. The van der Waals surface area contributed by atoms with E-state index in [2.05, 4.69) is 5.32 Å². The zero-order valence-corrected chi connectivity index (χ0v) is 10.9. The van der Waals surface area contributed by atoms with E-state index in [1.165, 1.54) is 6.07 Å². The molecule has 0 radical (unpaired) electrons. The molecule has 21 heavy (non-hydrogen) atoms. The van der Waals surface area contributed by atoms with E-state index in [9.17, 15) is 18.0 Å². The second kappa shape index (κ2) is 4.91. The van der Waals surface area contributed by atoms with Crippen LogP contribution >= 0.6 is 0 Å². The van der Waals surface area contributed by atoms with Crippen molar-refractivity contribution in [1.29, 1.82) is 0 Å². The highest BCUT2D eigenvalue weighted by atomic mass is 19.4. The predicted molar refractivity (Wildman–Crippen MR) is 73.0 cm³/mol. The lowest BCUT2D eigenvalue weighted by Gasteiger charge is -2.26. The van der Waals surface area contributed by atoms with Crippen LogP contribution in [0, 0.1) is 0 Å². The van der Waals surface area contributed by atoms with Crippen molar-refractivity contribution in [2.45, 2.75) is 18.5 Å². The van der Waals surface area contributed by atoms with E-state index >= 15 is 0 Å². The smallest absolute Gasteiger partial charge is 0.326 e. The van der Waals surface area contributed by atoms with Gasteiger partial charge in [0.15, 0.2) is 0 Å². The second-order valence-corrected chi connectivity index (χ2v) is 5.02. The van der Waals surface area contributed by atoms with Crippen molar-refractivity contribution in [1.82, 2.24) is 0 Å². The number of carbonyl (C=O) groups excluding carboxylic acids is 1. The number of rotatable bonds is 1. The number of amides is 1. The van der Waals surface area contributed by atoms with E-state index in [-0.39, 0.29) is 18.2 Å². The maximum absolute atomic E-state index is 12.8. The van der Waals surface area contributed by atoms with Gasteiger partial charge in [0.25, 0.3) is 0 Å². The first-order valence-corrected chi connectivity index (χ1v) is 6.51. The van der Waals surface area contributed by atoms with Crippen LogP contribution in [0.4, 0.5) is 18.9 Å². The number of para-hydroxylation sites is 1. The summed E-state index contributed by atoms with van der Waals surface area (Å²) in [6.45, 7) is 0. The molecule has 1 atom stereocenters. The van der Waals surface area contributed by atoms with Gasteiger partial charge < -0.3 is 5.32 Å². The standard InChI is InChI=1S/C16H12F3NO/c17-16(18,19)11-5-3-4-10(8-11)13-9-15(21)20-14-7-2-1-6-12(13)14/h1-8,13H,9H2,(H,20,21). The van der Waals surface area contributed by atoms with Crippen LogP contribution < -0.4 is 5.32 Å². The Hall–Kier alpha value is -2.30. The van der Waals surface area contributed by atoms with Crippen LogP contribution in [0.25, 0.3) is 0 Å². The lowest BCUT2D eigenvalue weighted by molar-refractivity contribution is -0.137. The van der Waals surface area contributed by atoms with E-state index in [1.807, 2.05) is 12.1 Å². The number of carbonyl (C=O) groups is 1. The molecule has 1 N–H and O–H groups in total. The van der Waals surface area contributed by atoms with Crippen LogP contribution in [0.3, 0.4) is 0 Å². The lowest BCUT2D eigenvalue weighted by atomic mass is 9.84. The average Bonchev–Trinajstić information content (AvgIpc) is 2.45. The zero-order chi connectivity index (χ0) is 15.0. The number of nitrogens with one attached hydrogen (secondary N) is 1. The van der Waals surface area contributed by atoms with Crippen LogP contribution in [0.5, 0.6) is 0 Å². The first-order chi connectivity index (χ1) is 9.95. The maximum Gasteiger partial charge on any atom is 0.416 e. The van der Waals surface area contributed by atoms with Crippen molar-refractivity contribution in [3.05, 3.63) is 65.2 Å². The molecule has 1 amide bonds. The van der Waals surface area contributed by atoms with Gasteiger partial charge in [-0.2, -0.15) is 13.2 Å². The number of hydrogen-bond acceptors (Lipinski definition) is 1. The van der Waals surface area contributed by atoms with Crippen molar-refractivity contribution < 1.29 is 18.0 Å². The van der Waals surface area contributed by atoms with Gasteiger partial charge in [-0.1, -0.05) is 36.4 Å². The summed E-state index contributed by atoms with van der Waals surface area (Å²) < 4.78 is 38.5. The van der Waals surface area contributed by atoms with Crippen LogP contribution in [-0.2, 0) is 11.0 Å². The topological polar surface area (TPSA) is 29.1 Å². The van der Waals surface area contributed by atoms with Gasteiger partial charge in [0.05, 0.1) is 5.56 Å². The van der Waals surface area contributed by atoms with Crippen LogP contribution in [0.2, 0.25) is 0 Å². The SMILES string of the molecule is O=C1CC(c2cccc(C(F)(F)F)c2)c2ccccc2N1. The molecule has 2 aromatic carbocycles. The lowest BCUT2D eigenvalue weighted by Crippen LogP contribution is -2.23. The molecule has 1 aliphatic heterocycles. The molecule has 0 aliphatic carbocycles. The molecular formula is C16H12F3NO. The van der Waals surface area contributed by atoms with Crippen LogP contribution in [0.15, 0.2) is 48.5 Å². The zero-order valence-electron chi connectivity index (χ0n) is 10.9. The van der Waals surface area contributed by atoms with E-state index in [0.29, 0.717) is 11.3 Å². The second-order valence-electron chi connectivity index (χ2n) is 5.02. The predicted octanol–water partition coefficient (Wildman–Crippen LogP) is 4.18. The van der Waals surface area contributed by atoms with Crippen LogP contribution in [-0.4, -0.2) is 5.91 Å². The summed E-state index contributed by atoms with van der Waals surface area (Å²) in [4.78, 5) is 11.8. The third-order valence-corrected chi connectivity index (χ3v) is 3.62. The third-order valence-electron chi connectivity index (χ3n) is 3.62. The van der Waals surface area contributed by atoms with Crippen molar-refractivity contribution >= 4 is 11.6 Å². The highest BCUT2D eigenvalue weighted by molar-refractivity contribution is 5.95. The van der Waals surface area contributed by atoms with Gasteiger partial charge in [-0.15, -0.1) is 0 Å². The number of benzene rings is 2. The molecule has 2 aromatic rings. The Labute approximate surface area is 119 Å². The Balaban J connectivity index is 2.07. The van der Waals surface area contributed by atoms with Gasteiger partial charge in [-0.25, -0.2) is 0 Å². The molecule has 0 saturated heterocycles. The summed E-state index contributed by atoms with van der Waals surface area (Å²) in [6, 6.07) is 12.4. The Kier molecular flexibility index (Phi) is 3.20. The molecule has 3 rings (SSSR count). The summed E-state index contributed by atoms with van der Waals surface area (Å²) in [5.74, 6) is -0.534. The largest absolute Gasteiger partial charge is 0.416 e. The van der Waals surface area contributed by atoms with Gasteiger partial charge in [0.2, 0.25) is 5.91 Å². The summed E-state index contributed by atoms with van der Waals surface area (Å²) >= 11 is 0. The molecule has 0 bridgehead atoms. The number of halogens is 3. The molecule has 5 heteroatoms. The van der Waals surface area contributed by atoms with Gasteiger partial charge >= 0.3 is 6.18 Å².